The first kappa shape index (κ1) is 19.4. The Morgan fingerprint density at radius 3 is 2.55 bits per heavy atom. The molecule has 29 heavy (non-hydrogen) atoms. The maximum atomic E-state index is 12.9. The molecule has 0 spiro atoms. The van der Waals surface area contributed by atoms with Gasteiger partial charge in [-0.1, -0.05) is 0 Å². The van der Waals surface area contributed by atoms with E-state index in [0.717, 1.165) is 12.1 Å². The zero-order valence-corrected chi connectivity index (χ0v) is 17.1. The van der Waals surface area contributed by atoms with Crippen LogP contribution in [-0.2, 0) is 17.7 Å². The van der Waals surface area contributed by atoms with E-state index in [1.165, 1.54) is 0 Å². The van der Waals surface area contributed by atoms with Crippen LogP contribution in [-0.4, -0.2) is 73.5 Å². The second-order valence-electron chi connectivity index (χ2n) is 7.70. The molecular formula is C21H26N4O4. The molecule has 2 aromatic rings. The molecule has 2 aliphatic rings. The molecule has 2 amide bonds. The van der Waals surface area contributed by atoms with Crippen LogP contribution in [0.1, 0.15) is 38.9 Å². The van der Waals surface area contributed by atoms with Gasteiger partial charge in [-0.25, -0.2) is 4.98 Å². The summed E-state index contributed by atoms with van der Waals surface area (Å²) in [6.07, 6.45) is 1.44. The number of nitrogens with zero attached hydrogens (tertiary/aromatic N) is 4. The Bertz CT molecular complexity index is 906. The van der Waals surface area contributed by atoms with Gasteiger partial charge in [0, 0.05) is 58.5 Å². The minimum absolute atomic E-state index is 0.0423. The summed E-state index contributed by atoms with van der Waals surface area (Å²) in [5.74, 6) is 0.551. The number of carbonyl (C=O) groups is 2. The van der Waals surface area contributed by atoms with Crippen molar-refractivity contribution in [3.63, 3.8) is 0 Å². The normalized spacial score (nSPS) is 18.7. The Labute approximate surface area is 170 Å². The molecule has 0 bridgehead atoms. The van der Waals surface area contributed by atoms with Crippen LogP contribution in [0.4, 0.5) is 5.69 Å². The number of ether oxygens (including phenoxy) is 1. The Balaban J connectivity index is 1.45. The van der Waals surface area contributed by atoms with Crippen molar-refractivity contribution < 1.29 is 18.7 Å². The number of amides is 2. The molecule has 8 heteroatoms. The lowest BCUT2D eigenvalue weighted by Gasteiger charge is -2.25. The SMILES string of the molecule is COC1CCN(C(=O)c2nc3c(o2)CCN(C(=O)c2ccc(N(C)C)cc2)C3)C1. The van der Waals surface area contributed by atoms with Gasteiger partial charge in [0.05, 0.1) is 12.6 Å². The Kier molecular flexibility index (Phi) is 5.27. The zero-order chi connectivity index (χ0) is 20.5. The third-order valence-corrected chi connectivity index (χ3v) is 5.59. The van der Waals surface area contributed by atoms with Crippen LogP contribution in [0.25, 0.3) is 0 Å². The van der Waals surface area contributed by atoms with E-state index < -0.39 is 0 Å². The monoisotopic (exact) mass is 398 g/mol. The van der Waals surface area contributed by atoms with E-state index in [9.17, 15) is 9.59 Å². The quantitative estimate of drug-likeness (QED) is 0.782. The zero-order valence-electron chi connectivity index (χ0n) is 17.1. The molecule has 0 aliphatic carbocycles. The molecule has 1 saturated heterocycles. The second kappa shape index (κ2) is 7.87. The van der Waals surface area contributed by atoms with Crippen LogP contribution in [0.2, 0.25) is 0 Å². The molecule has 154 valence electrons. The Morgan fingerprint density at radius 2 is 1.90 bits per heavy atom. The lowest BCUT2D eigenvalue weighted by Crippen LogP contribution is -2.35. The van der Waals surface area contributed by atoms with Crippen LogP contribution in [0, 0.1) is 0 Å². The fraction of sp³-hybridized carbons (Fsp3) is 0.476. The van der Waals surface area contributed by atoms with Gasteiger partial charge in [0.1, 0.15) is 11.5 Å². The topological polar surface area (TPSA) is 79.1 Å². The number of methoxy groups -OCH3 is 1. The summed E-state index contributed by atoms with van der Waals surface area (Å²) in [5, 5.41) is 0. The molecule has 3 heterocycles. The van der Waals surface area contributed by atoms with Crippen molar-refractivity contribution in [1.82, 2.24) is 14.8 Å². The number of hydrogen-bond acceptors (Lipinski definition) is 6. The van der Waals surface area contributed by atoms with E-state index in [1.54, 1.807) is 16.9 Å². The number of oxazole rings is 1. The van der Waals surface area contributed by atoms with Gasteiger partial charge in [-0.15, -0.1) is 0 Å². The van der Waals surface area contributed by atoms with Crippen LogP contribution in [0.15, 0.2) is 28.7 Å². The first-order chi connectivity index (χ1) is 14.0. The predicted octanol–water partition coefficient (Wildman–Crippen LogP) is 1.80. The molecule has 1 aromatic heterocycles. The summed E-state index contributed by atoms with van der Waals surface area (Å²) in [5.41, 5.74) is 2.35. The van der Waals surface area contributed by atoms with E-state index in [-0.39, 0.29) is 23.8 Å². The molecule has 0 N–H and O–H groups in total. The van der Waals surface area contributed by atoms with Crippen LogP contribution < -0.4 is 4.90 Å². The molecular weight excluding hydrogens is 372 g/mol. The summed E-state index contributed by atoms with van der Waals surface area (Å²) >= 11 is 0. The molecule has 8 nitrogen and oxygen atoms in total. The van der Waals surface area contributed by atoms with Crippen LogP contribution in [0.5, 0.6) is 0 Å². The summed E-state index contributed by atoms with van der Waals surface area (Å²) < 4.78 is 11.1. The standard InChI is InChI=1S/C21H26N4O4/c1-23(2)15-6-4-14(5-7-15)20(26)25-11-9-18-17(13-25)22-19(29-18)21(27)24-10-8-16(12-24)28-3/h4-7,16H,8-13H2,1-3H3. The third kappa shape index (κ3) is 3.85. The Morgan fingerprint density at radius 1 is 1.14 bits per heavy atom. The molecule has 2 aliphatic heterocycles. The number of anilines is 1. The fourth-order valence-corrected chi connectivity index (χ4v) is 3.79. The third-order valence-electron chi connectivity index (χ3n) is 5.59. The molecule has 0 radical (unpaired) electrons. The molecule has 1 unspecified atom stereocenters. The predicted molar refractivity (Wildman–Crippen MR) is 107 cm³/mol. The van der Waals surface area contributed by atoms with Gasteiger partial charge in [-0.3, -0.25) is 9.59 Å². The van der Waals surface area contributed by atoms with E-state index in [4.69, 9.17) is 9.15 Å². The smallest absolute Gasteiger partial charge is 0.309 e. The van der Waals surface area contributed by atoms with E-state index in [0.29, 0.717) is 49.6 Å². The highest BCUT2D eigenvalue weighted by molar-refractivity contribution is 5.94. The molecule has 0 saturated carbocycles. The molecule has 1 atom stereocenters. The maximum Gasteiger partial charge on any atom is 0.309 e. The van der Waals surface area contributed by atoms with Gasteiger partial charge in [0.25, 0.3) is 11.8 Å². The van der Waals surface area contributed by atoms with E-state index >= 15 is 0 Å². The lowest BCUT2D eigenvalue weighted by atomic mass is 10.1. The number of carbonyl (C=O) groups excluding carboxylic acids is 2. The van der Waals surface area contributed by atoms with Gasteiger partial charge < -0.3 is 23.9 Å². The highest BCUT2D eigenvalue weighted by Crippen LogP contribution is 2.24. The van der Waals surface area contributed by atoms with Gasteiger partial charge in [-0.05, 0) is 30.7 Å². The van der Waals surface area contributed by atoms with Crippen LogP contribution in [0.3, 0.4) is 0 Å². The molecule has 4 rings (SSSR count). The van der Waals surface area contributed by atoms with E-state index in [1.807, 2.05) is 43.3 Å². The number of benzene rings is 1. The van der Waals surface area contributed by atoms with Crippen molar-refractivity contribution >= 4 is 17.5 Å². The number of likely N-dealkylation sites (tertiary alicyclic amines) is 1. The van der Waals surface area contributed by atoms with Crippen molar-refractivity contribution in [2.45, 2.75) is 25.5 Å². The second-order valence-corrected chi connectivity index (χ2v) is 7.70. The number of rotatable bonds is 4. The van der Waals surface area contributed by atoms with Gasteiger partial charge in [0.15, 0.2) is 0 Å². The van der Waals surface area contributed by atoms with Gasteiger partial charge in [0.2, 0.25) is 0 Å². The van der Waals surface area contributed by atoms with Crippen molar-refractivity contribution in [3.8, 4) is 0 Å². The molecule has 1 fully saturated rings. The van der Waals surface area contributed by atoms with Crippen molar-refractivity contribution in [2.24, 2.45) is 0 Å². The first-order valence-corrected chi connectivity index (χ1v) is 9.83. The van der Waals surface area contributed by atoms with E-state index in [2.05, 4.69) is 4.98 Å². The highest BCUT2D eigenvalue weighted by atomic mass is 16.5. The molecule has 1 aromatic carbocycles. The largest absolute Gasteiger partial charge is 0.437 e. The summed E-state index contributed by atoms with van der Waals surface area (Å²) in [7, 11) is 5.58. The minimum Gasteiger partial charge on any atom is -0.437 e. The van der Waals surface area contributed by atoms with Gasteiger partial charge in [-0.2, -0.15) is 0 Å². The van der Waals surface area contributed by atoms with Crippen LogP contribution >= 0.6 is 0 Å². The lowest BCUT2D eigenvalue weighted by molar-refractivity contribution is 0.0683. The summed E-state index contributed by atoms with van der Waals surface area (Å²) in [4.78, 5) is 35.4. The fourth-order valence-electron chi connectivity index (χ4n) is 3.79. The average Bonchev–Trinajstić information content (AvgIpc) is 3.39. The van der Waals surface area contributed by atoms with Crippen molar-refractivity contribution in [1.29, 1.82) is 0 Å². The van der Waals surface area contributed by atoms with Crippen molar-refractivity contribution in [3.05, 3.63) is 47.2 Å². The van der Waals surface area contributed by atoms with Crippen molar-refractivity contribution in [2.75, 3.05) is 45.7 Å². The minimum atomic E-state index is -0.212. The number of fused-ring (bicyclic) bond motifs is 1. The average molecular weight is 398 g/mol. The number of aromatic nitrogens is 1. The first-order valence-electron chi connectivity index (χ1n) is 9.83. The Hall–Kier alpha value is -2.87. The summed E-state index contributed by atoms with van der Waals surface area (Å²) in [6, 6.07) is 7.53. The number of hydrogen-bond donors (Lipinski definition) is 0. The summed E-state index contributed by atoms with van der Waals surface area (Å²) in [6.45, 7) is 2.08. The highest BCUT2D eigenvalue weighted by Gasteiger charge is 2.32. The van der Waals surface area contributed by atoms with Gasteiger partial charge >= 0.3 is 5.91 Å². The maximum absolute atomic E-state index is 12.9.